The summed E-state index contributed by atoms with van der Waals surface area (Å²) in [5, 5.41) is 6.57. The van der Waals surface area contributed by atoms with Gasteiger partial charge in [-0.15, -0.1) is 11.3 Å². The number of hydrazone groups is 1. The highest BCUT2D eigenvalue weighted by atomic mass is 32.1. The average Bonchev–Trinajstić information content (AvgIpc) is 2.95. The van der Waals surface area contributed by atoms with Gasteiger partial charge in [-0.2, -0.15) is 18.3 Å². The average molecular weight is 369 g/mol. The number of carbonyl (C=O) groups is 1. The van der Waals surface area contributed by atoms with Crippen LogP contribution in [0.25, 0.3) is 0 Å². The molecule has 4 nitrogen and oxygen atoms in total. The number of nitrogens with zero attached hydrogens (tertiary/aromatic N) is 2. The smallest absolute Gasteiger partial charge is 0.273 e. The van der Waals surface area contributed by atoms with E-state index in [-0.39, 0.29) is 12.3 Å². The number of aryl methyl sites for hydroxylation is 2. The van der Waals surface area contributed by atoms with Gasteiger partial charge < -0.3 is 0 Å². The zero-order chi connectivity index (χ0) is 18.4. The van der Waals surface area contributed by atoms with Crippen LogP contribution in [0.15, 0.2) is 34.7 Å². The first kappa shape index (κ1) is 19.1. The largest absolute Gasteiger partial charge is 0.416 e. The summed E-state index contributed by atoms with van der Waals surface area (Å²) in [5.41, 5.74) is 3.87. The summed E-state index contributed by atoms with van der Waals surface area (Å²) >= 11 is 1.41. The van der Waals surface area contributed by atoms with E-state index >= 15 is 0 Å². The second kappa shape index (κ2) is 8.24. The van der Waals surface area contributed by atoms with Crippen molar-refractivity contribution in [3.05, 3.63) is 51.5 Å². The lowest BCUT2D eigenvalue weighted by molar-refractivity contribution is -0.137. The molecule has 0 bridgehead atoms. The topological polar surface area (TPSA) is 54.4 Å². The molecule has 0 aliphatic rings. The first-order valence-corrected chi connectivity index (χ1v) is 8.51. The Kier molecular flexibility index (Phi) is 6.30. The molecule has 1 amide bonds. The van der Waals surface area contributed by atoms with Crippen molar-refractivity contribution >= 4 is 23.0 Å². The molecule has 0 spiro atoms. The zero-order valence-electron chi connectivity index (χ0n) is 13.9. The quantitative estimate of drug-likeness (QED) is 0.615. The van der Waals surface area contributed by atoms with Gasteiger partial charge in [0.25, 0.3) is 0 Å². The predicted octanol–water partition coefficient (Wildman–Crippen LogP) is 4.14. The van der Waals surface area contributed by atoms with Crippen LogP contribution in [0, 0.1) is 6.92 Å². The maximum Gasteiger partial charge on any atom is 0.416 e. The molecule has 2 aromatic rings. The molecule has 0 fully saturated rings. The number of alkyl halides is 3. The molecule has 0 unspecified atom stereocenters. The van der Waals surface area contributed by atoms with Crippen molar-refractivity contribution in [3.63, 3.8) is 0 Å². The van der Waals surface area contributed by atoms with Crippen molar-refractivity contribution in [2.45, 2.75) is 39.3 Å². The number of aromatic nitrogens is 1. The lowest BCUT2D eigenvalue weighted by Gasteiger charge is -2.08. The molecule has 1 N–H and O–H groups in total. The summed E-state index contributed by atoms with van der Waals surface area (Å²) in [4.78, 5) is 16.0. The van der Waals surface area contributed by atoms with E-state index in [2.05, 4.69) is 15.5 Å². The molecule has 1 heterocycles. The van der Waals surface area contributed by atoms with Crippen molar-refractivity contribution in [1.29, 1.82) is 0 Å². The second-order valence-electron chi connectivity index (χ2n) is 5.64. The number of halogens is 3. The molecule has 0 atom stereocenters. The number of amides is 1. The molecule has 1 aromatic heterocycles. The van der Waals surface area contributed by atoms with Gasteiger partial charge in [0.1, 0.15) is 5.01 Å². The third-order valence-corrected chi connectivity index (χ3v) is 4.35. The Morgan fingerprint density at radius 1 is 1.36 bits per heavy atom. The first-order chi connectivity index (χ1) is 11.7. The SMILES string of the molecule is CC(CCc1cccc(C(F)(F)F)c1)=NNC(=O)Cc1nc(C)cs1. The zero-order valence-corrected chi connectivity index (χ0v) is 14.7. The number of benzene rings is 1. The number of carbonyl (C=O) groups excluding carboxylic acids is 1. The molecule has 8 heteroatoms. The molecule has 0 saturated heterocycles. The van der Waals surface area contributed by atoms with Crippen LogP contribution in [0.4, 0.5) is 13.2 Å². The minimum Gasteiger partial charge on any atom is -0.273 e. The predicted molar refractivity (Wildman–Crippen MR) is 91.6 cm³/mol. The summed E-state index contributed by atoms with van der Waals surface area (Å²) in [7, 11) is 0. The van der Waals surface area contributed by atoms with Crippen LogP contribution in [-0.4, -0.2) is 16.6 Å². The van der Waals surface area contributed by atoms with Crippen molar-refractivity contribution in [2.24, 2.45) is 5.10 Å². The van der Waals surface area contributed by atoms with E-state index in [9.17, 15) is 18.0 Å². The van der Waals surface area contributed by atoms with Crippen LogP contribution in [0.5, 0.6) is 0 Å². The van der Waals surface area contributed by atoms with Crippen LogP contribution in [0.2, 0.25) is 0 Å². The Morgan fingerprint density at radius 3 is 2.76 bits per heavy atom. The summed E-state index contributed by atoms with van der Waals surface area (Å²) in [5.74, 6) is -0.271. The minimum absolute atomic E-state index is 0.156. The molecule has 1 aromatic carbocycles. The molecule has 0 aliphatic heterocycles. The Morgan fingerprint density at radius 2 is 2.12 bits per heavy atom. The lowest BCUT2D eigenvalue weighted by Crippen LogP contribution is -2.21. The second-order valence-corrected chi connectivity index (χ2v) is 6.58. The van der Waals surface area contributed by atoms with Crippen LogP contribution in [0.3, 0.4) is 0 Å². The number of hydrogen-bond acceptors (Lipinski definition) is 4. The van der Waals surface area contributed by atoms with E-state index in [1.54, 1.807) is 13.0 Å². The van der Waals surface area contributed by atoms with E-state index in [0.717, 1.165) is 17.8 Å². The van der Waals surface area contributed by atoms with Crippen LogP contribution in [0.1, 0.15) is 35.2 Å². The molecule has 2 rings (SSSR count). The van der Waals surface area contributed by atoms with Crippen molar-refractivity contribution in [3.8, 4) is 0 Å². The van der Waals surface area contributed by atoms with E-state index in [1.165, 1.54) is 17.4 Å². The summed E-state index contributed by atoms with van der Waals surface area (Å²) < 4.78 is 38.0. The van der Waals surface area contributed by atoms with E-state index in [1.807, 2.05) is 12.3 Å². The Labute approximate surface area is 147 Å². The third kappa shape index (κ3) is 6.30. The molecule has 0 saturated carbocycles. The fourth-order valence-electron chi connectivity index (χ4n) is 2.10. The van der Waals surface area contributed by atoms with Gasteiger partial charge in [-0.05, 0) is 38.3 Å². The molecular formula is C17H18F3N3OS. The Bertz CT molecular complexity index is 768. The normalized spacial score (nSPS) is 12.3. The van der Waals surface area contributed by atoms with Gasteiger partial charge in [0.15, 0.2) is 0 Å². The first-order valence-electron chi connectivity index (χ1n) is 7.63. The highest BCUT2D eigenvalue weighted by Gasteiger charge is 2.30. The maximum atomic E-state index is 12.7. The van der Waals surface area contributed by atoms with Gasteiger partial charge in [0.2, 0.25) is 5.91 Å². The number of hydrogen-bond donors (Lipinski definition) is 1. The van der Waals surface area contributed by atoms with Gasteiger partial charge in [-0.3, -0.25) is 4.79 Å². The minimum atomic E-state index is -4.35. The molecule has 25 heavy (non-hydrogen) atoms. The molecule has 134 valence electrons. The van der Waals surface area contributed by atoms with E-state index < -0.39 is 11.7 Å². The van der Waals surface area contributed by atoms with Gasteiger partial charge >= 0.3 is 6.18 Å². The maximum absolute atomic E-state index is 12.7. The fourth-order valence-corrected chi connectivity index (χ4v) is 2.87. The van der Waals surface area contributed by atoms with Gasteiger partial charge in [0, 0.05) is 16.8 Å². The van der Waals surface area contributed by atoms with Crippen molar-refractivity contribution in [2.75, 3.05) is 0 Å². The summed E-state index contributed by atoms with van der Waals surface area (Å²) in [6.07, 6.45) is -3.32. The van der Waals surface area contributed by atoms with Crippen molar-refractivity contribution in [1.82, 2.24) is 10.4 Å². The van der Waals surface area contributed by atoms with Gasteiger partial charge in [-0.1, -0.05) is 18.2 Å². The summed E-state index contributed by atoms with van der Waals surface area (Å²) in [6, 6.07) is 5.22. The lowest BCUT2D eigenvalue weighted by atomic mass is 10.0. The Balaban J connectivity index is 1.84. The number of nitrogens with one attached hydrogen (secondary N) is 1. The van der Waals surface area contributed by atoms with E-state index in [4.69, 9.17) is 0 Å². The van der Waals surface area contributed by atoms with Gasteiger partial charge in [0.05, 0.1) is 12.0 Å². The monoisotopic (exact) mass is 369 g/mol. The standard InChI is InChI=1S/C17H18F3N3OS/c1-11(22-23-15(24)9-16-21-12(2)10-25-16)6-7-13-4-3-5-14(8-13)17(18,19)20/h3-5,8,10H,6-7,9H2,1-2H3,(H,23,24). The third-order valence-electron chi connectivity index (χ3n) is 3.38. The van der Waals surface area contributed by atoms with E-state index in [0.29, 0.717) is 29.1 Å². The molecule has 0 radical (unpaired) electrons. The van der Waals surface area contributed by atoms with Crippen LogP contribution >= 0.6 is 11.3 Å². The van der Waals surface area contributed by atoms with Gasteiger partial charge in [-0.25, -0.2) is 10.4 Å². The molecule has 0 aliphatic carbocycles. The Hall–Kier alpha value is -2.22. The summed E-state index contributed by atoms with van der Waals surface area (Å²) in [6.45, 7) is 3.58. The fraction of sp³-hybridized carbons (Fsp3) is 0.353. The molecular weight excluding hydrogens is 351 g/mol. The highest BCUT2D eigenvalue weighted by Crippen LogP contribution is 2.29. The number of rotatable bonds is 6. The van der Waals surface area contributed by atoms with Crippen molar-refractivity contribution < 1.29 is 18.0 Å². The number of thiazole rings is 1. The van der Waals surface area contributed by atoms with Crippen LogP contribution < -0.4 is 5.43 Å². The van der Waals surface area contributed by atoms with Crippen LogP contribution in [-0.2, 0) is 23.8 Å². The highest BCUT2D eigenvalue weighted by molar-refractivity contribution is 7.09.